The van der Waals surface area contributed by atoms with Gasteiger partial charge in [-0.2, -0.15) is 0 Å². The second-order valence-electron chi connectivity index (χ2n) is 6.62. The van der Waals surface area contributed by atoms with E-state index in [2.05, 4.69) is 55.3 Å². The number of hydrogen-bond acceptors (Lipinski definition) is 2. The molecule has 0 spiro atoms. The van der Waals surface area contributed by atoms with Crippen LogP contribution in [-0.2, 0) is 17.3 Å². The summed E-state index contributed by atoms with van der Waals surface area (Å²) in [6.07, 6.45) is 4.11. The van der Waals surface area contributed by atoms with Gasteiger partial charge in [-0.25, -0.2) is 4.98 Å². The van der Waals surface area contributed by atoms with Gasteiger partial charge in [0.05, 0.1) is 0 Å². The van der Waals surface area contributed by atoms with Gasteiger partial charge in [-0.05, 0) is 16.5 Å². The van der Waals surface area contributed by atoms with Crippen molar-refractivity contribution in [1.82, 2.24) is 14.9 Å². The van der Waals surface area contributed by atoms with Crippen molar-refractivity contribution < 1.29 is 4.79 Å². The third kappa shape index (κ3) is 3.56. The van der Waals surface area contributed by atoms with E-state index in [0.717, 1.165) is 11.4 Å². The number of imidazole rings is 1. The van der Waals surface area contributed by atoms with Gasteiger partial charge < -0.3 is 9.88 Å². The number of benzene rings is 1. The minimum atomic E-state index is -0.221. The lowest BCUT2D eigenvalue weighted by molar-refractivity contribution is -0.121. The minimum Gasteiger partial charge on any atom is -0.342 e. The smallest absolute Gasteiger partial charge is 0.220 e. The molecule has 1 heterocycles. The molecule has 1 aromatic heterocycles. The maximum Gasteiger partial charge on any atom is 0.220 e. The number of carbonyl (C=O) groups excluding carboxylic acids is 1. The molecule has 0 fully saturated rings. The standard InChI is InChI=1S/C18H25N3O/c1-6-15(22)20-16(17-19-11-12-21(17)5)13-7-9-14(10-8-13)18(2,3)4/h7-12,16H,6H2,1-5H3,(H,20,22). The lowest BCUT2D eigenvalue weighted by atomic mass is 9.86. The fourth-order valence-corrected chi connectivity index (χ4v) is 2.39. The lowest BCUT2D eigenvalue weighted by Gasteiger charge is -2.22. The highest BCUT2D eigenvalue weighted by molar-refractivity contribution is 5.76. The quantitative estimate of drug-likeness (QED) is 0.941. The molecule has 1 N–H and O–H groups in total. The molecule has 1 aromatic carbocycles. The summed E-state index contributed by atoms with van der Waals surface area (Å²) in [5.74, 6) is 0.859. The first-order valence-electron chi connectivity index (χ1n) is 7.70. The van der Waals surface area contributed by atoms with E-state index in [1.54, 1.807) is 6.20 Å². The van der Waals surface area contributed by atoms with Gasteiger partial charge in [0.2, 0.25) is 5.91 Å². The largest absolute Gasteiger partial charge is 0.342 e. The van der Waals surface area contributed by atoms with Crippen LogP contribution < -0.4 is 5.32 Å². The summed E-state index contributed by atoms with van der Waals surface area (Å²) < 4.78 is 1.94. The normalized spacial score (nSPS) is 13.0. The average molecular weight is 299 g/mol. The SMILES string of the molecule is CCC(=O)NC(c1ccc(C(C)(C)C)cc1)c1nccn1C. The van der Waals surface area contributed by atoms with E-state index in [1.165, 1.54) is 5.56 Å². The maximum absolute atomic E-state index is 11.9. The minimum absolute atomic E-state index is 0.0212. The van der Waals surface area contributed by atoms with Crippen LogP contribution in [0.4, 0.5) is 0 Å². The van der Waals surface area contributed by atoms with Gasteiger partial charge in [0.25, 0.3) is 0 Å². The van der Waals surface area contributed by atoms with Gasteiger partial charge >= 0.3 is 0 Å². The van der Waals surface area contributed by atoms with Crippen molar-refractivity contribution in [1.29, 1.82) is 0 Å². The zero-order valence-electron chi connectivity index (χ0n) is 14.1. The number of nitrogens with zero attached hydrogens (tertiary/aromatic N) is 2. The number of aromatic nitrogens is 2. The molecule has 0 saturated carbocycles. The summed E-state index contributed by atoms with van der Waals surface area (Å²) in [6, 6.07) is 8.19. The summed E-state index contributed by atoms with van der Waals surface area (Å²) in [5.41, 5.74) is 2.44. The monoisotopic (exact) mass is 299 g/mol. The zero-order valence-corrected chi connectivity index (χ0v) is 14.1. The zero-order chi connectivity index (χ0) is 16.3. The Labute approximate surface area is 132 Å². The van der Waals surface area contributed by atoms with Crippen LogP contribution in [0, 0.1) is 0 Å². The molecule has 0 bridgehead atoms. The summed E-state index contributed by atoms with van der Waals surface area (Å²) in [6.45, 7) is 8.43. The van der Waals surface area contributed by atoms with Crippen molar-refractivity contribution in [3.8, 4) is 0 Å². The third-order valence-corrected chi connectivity index (χ3v) is 3.85. The molecule has 2 rings (SSSR count). The number of hydrogen-bond donors (Lipinski definition) is 1. The van der Waals surface area contributed by atoms with Gasteiger partial charge in [0.15, 0.2) is 0 Å². The van der Waals surface area contributed by atoms with Crippen LogP contribution >= 0.6 is 0 Å². The molecule has 0 radical (unpaired) electrons. The molecule has 22 heavy (non-hydrogen) atoms. The van der Waals surface area contributed by atoms with Gasteiger partial charge in [-0.1, -0.05) is 52.0 Å². The number of rotatable bonds is 4. The van der Waals surface area contributed by atoms with Crippen molar-refractivity contribution in [2.75, 3.05) is 0 Å². The number of amides is 1. The van der Waals surface area contributed by atoms with Gasteiger partial charge in [0.1, 0.15) is 11.9 Å². The van der Waals surface area contributed by atoms with E-state index in [0.29, 0.717) is 6.42 Å². The molecule has 4 heteroatoms. The van der Waals surface area contributed by atoms with E-state index in [1.807, 2.05) is 24.7 Å². The van der Waals surface area contributed by atoms with E-state index in [-0.39, 0.29) is 17.4 Å². The molecule has 118 valence electrons. The summed E-state index contributed by atoms with van der Waals surface area (Å²) in [4.78, 5) is 16.3. The highest BCUT2D eigenvalue weighted by Gasteiger charge is 2.21. The van der Waals surface area contributed by atoms with Crippen LogP contribution in [0.1, 0.15) is 57.1 Å². The molecule has 1 atom stereocenters. The van der Waals surface area contributed by atoms with E-state index in [9.17, 15) is 4.79 Å². The van der Waals surface area contributed by atoms with Gasteiger partial charge in [0, 0.05) is 25.9 Å². The topological polar surface area (TPSA) is 46.9 Å². The van der Waals surface area contributed by atoms with Crippen LogP contribution in [0.15, 0.2) is 36.7 Å². The molecular weight excluding hydrogens is 274 g/mol. The molecule has 0 aliphatic carbocycles. The third-order valence-electron chi connectivity index (χ3n) is 3.85. The van der Waals surface area contributed by atoms with Crippen molar-refractivity contribution in [2.24, 2.45) is 7.05 Å². The summed E-state index contributed by atoms with van der Waals surface area (Å²) >= 11 is 0. The van der Waals surface area contributed by atoms with Crippen molar-refractivity contribution in [3.63, 3.8) is 0 Å². The van der Waals surface area contributed by atoms with Crippen LogP contribution in [-0.4, -0.2) is 15.5 Å². The summed E-state index contributed by atoms with van der Waals surface area (Å²) in [5, 5.41) is 3.06. The van der Waals surface area contributed by atoms with Crippen molar-refractivity contribution in [3.05, 3.63) is 53.6 Å². The Balaban J connectivity index is 2.37. The fourth-order valence-electron chi connectivity index (χ4n) is 2.39. The maximum atomic E-state index is 11.9. The molecule has 1 unspecified atom stereocenters. The number of aryl methyl sites for hydroxylation is 1. The highest BCUT2D eigenvalue weighted by Crippen LogP contribution is 2.26. The van der Waals surface area contributed by atoms with Crippen LogP contribution in [0.25, 0.3) is 0 Å². The predicted octanol–water partition coefficient (Wildman–Crippen LogP) is 3.33. The Morgan fingerprint density at radius 1 is 1.27 bits per heavy atom. The average Bonchev–Trinajstić information content (AvgIpc) is 2.89. The van der Waals surface area contributed by atoms with E-state index >= 15 is 0 Å². The van der Waals surface area contributed by atoms with Crippen LogP contribution in [0.5, 0.6) is 0 Å². The highest BCUT2D eigenvalue weighted by atomic mass is 16.1. The second-order valence-corrected chi connectivity index (χ2v) is 6.62. The van der Waals surface area contributed by atoms with Gasteiger partial charge in [-0.3, -0.25) is 4.79 Å². The molecular formula is C18H25N3O. The first kappa shape index (κ1) is 16.3. The molecule has 4 nitrogen and oxygen atoms in total. The predicted molar refractivity (Wildman–Crippen MR) is 88.6 cm³/mol. The molecule has 0 saturated heterocycles. The fraction of sp³-hybridized carbons (Fsp3) is 0.444. The Morgan fingerprint density at radius 2 is 1.91 bits per heavy atom. The Kier molecular flexibility index (Phi) is 4.69. The van der Waals surface area contributed by atoms with Crippen molar-refractivity contribution >= 4 is 5.91 Å². The summed E-state index contributed by atoms with van der Waals surface area (Å²) in [7, 11) is 1.94. The van der Waals surface area contributed by atoms with Crippen LogP contribution in [0.3, 0.4) is 0 Å². The van der Waals surface area contributed by atoms with Gasteiger partial charge in [-0.15, -0.1) is 0 Å². The molecule has 2 aromatic rings. The first-order chi connectivity index (χ1) is 10.3. The van der Waals surface area contributed by atoms with E-state index in [4.69, 9.17) is 0 Å². The van der Waals surface area contributed by atoms with Crippen LogP contribution in [0.2, 0.25) is 0 Å². The molecule has 0 aliphatic rings. The Hall–Kier alpha value is -2.10. The Morgan fingerprint density at radius 3 is 2.36 bits per heavy atom. The Bertz CT molecular complexity index is 635. The lowest BCUT2D eigenvalue weighted by Crippen LogP contribution is -2.30. The molecule has 1 amide bonds. The van der Waals surface area contributed by atoms with Crippen molar-refractivity contribution in [2.45, 2.75) is 45.6 Å². The first-order valence-corrected chi connectivity index (χ1v) is 7.70. The number of carbonyl (C=O) groups is 1. The second kappa shape index (κ2) is 6.34. The van der Waals surface area contributed by atoms with E-state index < -0.39 is 0 Å². The molecule has 0 aliphatic heterocycles. The number of nitrogens with one attached hydrogen (secondary N) is 1.